The number of esters is 1. The van der Waals surface area contributed by atoms with E-state index in [4.69, 9.17) is 4.74 Å². The van der Waals surface area contributed by atoms with Gasteiger partial charge in [0, 0.05) is 6.04 Å². The third-order valence-corrected chi connectivity index (χ3v) is 5.53. The highest BCUT2D eigenvalue weighted by Gasteiger charge is 2.29. The van der Waals surface area contributed by atoms with Gasteiger partial charge in [0.25, 0.3) is 5.91 Å². The molecule has 0 unspecified atom stereocenters. The first-order valence-corrected chi connectivity index (χ1v) is 9.83. The van der Waals surface area contributed by atoms with Gasteiger partial charge >= 0.3 is 5.97 Å². The standard InChI is InChI=1S/C17H23NO5S/c1-12(2)9-13-3-5-14(6-4-13)17(20)23-10-16(19)18-15-7-8-24(21,22)11-15/h3-6,12,15H,7-11H2,1-2H3,(H,18,19)/t15-/m1/s1. The van der Waals surface area contributed by atoms with Gasteiger partial charge in [-0.25, -0.2) is 13.2 Å². The van der Waals surface area contributed by atoms with Crippen molar-refractivity contribution in [1.29, 1.82) is 0 Å². The van der Waals surface area contributed by atoms with Crippen molar-refractivity contribution in [3.63, 3.8) is 0 Å². The van der Waals surface area contributed by atoms with E-state index in [2.05, 4.69) is 19.2 Å². The van der Waals surface area contributed by atoms with Crippen LogP contribution in [0, 0.1) is 5.92 Å². The Kier molecular flexibility index (Phi) is 5.99. The number of amides is 1. The summed E-state index contributed by atoms with van der Waals surface area (Å²) in [5.41, 5.74) is 1.53. The molecular formula is C17H23NO5S. The Morgan fingerprint density at radius 2 is 1.92 bits per heavy atom. The van der Waals surface area contributed by atoms with E-state index < -0.39 is 34.4 Å². The number of sulfone groups is 1. The number of hydrogen-bond donors (Lipinski definition) is 1. The van der Waals surface area contributed by atoms with Gasteiger partial charge in [0.1, 0.15) is 0 Å². The summed E-state index contributed by atoms with van der Waals surface area (Å²) >= 11 is 0. The fourth-order valence-electron chi connectivity index (χ4n) is 2.64. The minimum atomic E-state index is -3.05. The second-order valence-electron chi connectivity index (χ2n) is 6.54. The first kappa shape index (κ1) is 18.4. The maximum atomic E-state index is 11.9. The minimum absolute atomic E-state index is 0.0516. The first-order valence-electron chi connectivity index (χ1n) is 8.01. The van der Waals surface area contributed by atoms with Crippen LogP contribution in [0.3, 0.4) is 0 Å². The van der Waals surface area contributed by atoms with Crippen molar-refractivity contribution < 1.29 is 22.7 Å². The molecule has 2 rings (SSSR count). The van der Waals surface area contributed by atoms with E-state index in [1.807, 2.05) is 12.1 Å². The molecule has 0 bridgehead atoms. The van der Waals surface area contributed by atoms with E-state index in [9.17, 15) is 18.0 Å². The van der Waals surface area contributed by atoms with Crippen molar-refractivity contribution in [3.8, 4) is 0 Å². The van der Waals surface area contributed by atoms with Gasteiger partial charge in [0.2, 0.25) is 0 Å². The van der Waals surface area contributed by atoms with Crippen molar-refractivity contribution in [1.82, 2.24) is 5.32 Å². The lowest BCUT2D eigenvalue weighted by Gasteiger charge is -2.11. The molecule has 7 heteroatoms. The van der Waals surface area contributed by atoms with Crippen LogP contribution in [0.2, 0.25) is 0 Å². The predicted molar refractivity (Wildman–Crippen MR) is 90.5 cm³/mol. The zero-order chi connectivity index (χ0) is 17.7. The molecule has 1 aromatic carbocycles. The van der Waals surface area contributed by atoms with Crippen LogP contribution in [0.5, 0.6) is 0 Å². The van der Waals surface area contributed by atoms with E-state index in [0.717, 1.165) is 12.0 Å². The van der Waals surface area contributed by atoms with Crippen molar-refractivity contribution in [3.05, 3.63) is 35.4 Å². The Labute approximate surface area is 142 Å². The third kappa shape index (κ3) is 5.63. The Morgan fingerprint density at radius 3 is 2.46 bits per heavy atom. The molecule has 0 aromatic heterocycles. The highest BCUT2D eigenvalue weighted by Crippen LogP contribution is 2.12. The fraction of sp³-hybridized carbons (Fsp3) is 0.529. The SMILES string of the molecule is CC(C)Cc1ccc(C(=O)OCC(=O)N[C@@H]2CCS(=O)(=O)C2)cc1. The Morgan fingerprint density at radius 1 is 1.25 bits per heavy atom. The number of nitrogens with one attached hydrogen (secondary N) is 1. The maximum Gasteiger partial charge on any atom is 0.338 e. The van der Waals surface area contributed by atoms with E-state index in [1.54, 1.807) is 12.1 Å². The van der Waals surface area contributed by atoms with Crippen LogP contribution in [0.1, 0.15) is 36.2 Å². The normalized spacial score (nSPS) is 19.2. The van der Waals surface area contributed by atoms with Gasteiger partial charge in [0.05, 0.1) is 17.1 Å². The molecule has 1 aliphatic rings. The number of carbonyl (C=O) groups excluding carboxylic acids is 2. The zero-order valence-electron chi connectivity index (χ0n) is 13.9. The summed E-state index contributed by atoms with van der Waals surface area (Å²) in [6, 6.07) is 6.72. The third-order valence-electron chi connectivity index (χ3n) is 3.77. The summed E-state index contributed by atoms with van der Waals surface area (Å²) in [5, 5.41) is 2.58. The van der Waals surface area contributed by atoms with Gasteiger partial charge in [-0.1, -0.05) is 26.0 Å². The molecule has 1 fully saturated rings. The van der Waals surface area contributed by atoms with Gasteiger partial charge < -0.3 is 10.1 Å². The molecule has 1 heterocycles. The molecule has 1 N–H and O–H groups in total. The van der Waals surface area contributed by atoms with Crippen LogP contribution in [-0.4, -0.2) is 44.4 Å². The summed E-state index contributed by atoms with van der Waals surface area (Å²) in [7, 11) is -3.05. The van der Waals surface area contributed by atoms with Gasteiger partial charge in [-0.15, -0.1) is 0 Å². The van der Waals surface area contributed by atoms with Crippen LogP contribution >= 0.6 is 0 Å². The number of hydrogen-bond acceptors (Lipinski definition) is 5. The van der Waals surface area contributed by atoms with Crippen molar-refractivity contribution in [2.24, 2.45) is 5.92 Å². The average Bonchev–Trinajstić information content (AvgIpc) is 2.83. The number of carbonyl (C=O) groups is 2. The summed E-state index contributed by atoms with van der Waals surface area (Å²) in [4.78, 5) is 23.7. The van der Waals surface area contributed by atoms with Crippen LogP contribution in [0.15, 0.2) is 24.3 Å². The predicted octanol–water partition coefficient (Wildman–Crippen LogP) is 1.35. The molecule has 0 radical (unpaired) electrons. The molecule has 0 saturated carbocycles. The van der Waals surface area contributed by atoms with E-state index in [0.29, 0.717) is 17.9 Å². The molecule has 1 aliphatic heterocycles. The van der Waals surface area contributed by atoms with Gasteiger partial charge in [0.15, 0.2) is 16.4 Å². The van der Waals surface area contributed by atoms with Gasteiger partial charge in [-0.05, 0) is 36.5 Å². The quantitative estimate of drug-likeness (QED) is 0.780. The van der Waals surface area contributed by atoms with E-state index >= 15 is 0 Å². The lowest BCUT2D eigenvalue weighted by molar-refractivity contribution is -0.124. The molecule has 1 amide bonds. The highest BCUT2D eigenvalue weighted by atomic mass is 32.2. The summed E-state index contributed by atoms with van der Waals surface area (Å²) in [5.74, 6) is -0.488. The van der Waals surface area contributed by atoms with Crippen molar-refractivity contribution in [2.75, 3.05) is 18.1 Å². The molecule has 1 saturated heterocycles. The van der Waals surface area contributed by atoms with Crippen molar-refractivity contribution in [2.45, 2.75) is 32.7 Å². The molecule has 0 spiro atoms. The van der Waals surface area contributed by atoms with Gasteiger partial charge in [-0.2, -0.15) is 0 Å². The molecule has 6 nitrogen and oxygen atoms in total. The van der Waals surface area contributed by atoms with Crippen LogP contribution < -0.4 is 5.32 Å². The average molecular weight is 353 g/mol. The number of ether oxygens (including phenoxy) is 1. The largest absolute Gasteiger partial charge is 0.452 e. The van der Waals surface area contributed by atoms with E-state index in [1.165, 1.54) is 0 Å². The fourth-order valence-corrected chi connectivity index (χ4v) is 4.31. The molecular weight excluding hydrogens is 330 g/mol. The lowest BCUT2D eigenvalue weighted by atomic mass is 10.0. The number of rotatable bonds is 6. The lowest BCUT2D eigenvalue weighted by Crippen LogP contribution is -2.38. The maximum absolute atomic E-state index is 11.9. The summed E-state index contributed by atoms with van der Waals surface area (Å²) in [6.45, 7) is 3.83. The van der Waals surface area contributed by atoms with Crippen LogP contribution in [-0.2, 0) is 25.8 Å². The molecule has 1 atom stereocenters. The number of benzene rings is 1. The summed E-state index contributed by atoms with van der Waals surface area (Å²) in [6.07, 6.45) is 1.33. The first-order chi connectivity index (χ1) is 11.2. The minimum Gasteiger partial charge on any atom is -0.452 e. The molecule has 132 valence electrons. The van der Waals surface area contributed by atoms with Crippen molar-refractivity contribution >= 4 is 21.7 Å². The Balaban J connectivity index is 1.79. The van der Waals surface area contributed by atoms with Gasteiger partial charge in [-0.3, -0.25) is 4.79 Å². The van der Waals surface area contributed by atoms with E-state index in [-0.39, 0.29) is 11.5 Å². The highest BCUT2D eigenvalue weighted by molar-refractivity contribution is 7.91. The Hall–Kier alpha value is -1.89. The Bertz CT molecular complexity index is 694. The monoisotopic (exact) mass is 353 g/mol. The smallest absolute Gasteiger partial charge is 0.338 e. The zero-order valence-corrected chi connectivity index (χ0v) is 14.8. The second kappa shape index (κ2) is 7.79. The van der Waals surface area contributed by atoms with Crippen LogP contribution in [0.4, 0.5) is 0 Å². The molecule has 0 aliphatic carbocycles. The molecule has 24 heavy (non-hydrogen) atoms. The van der Waals surface area contributed by atoms with Crippen LogP contribution in [0.25, 0.3) is 0 Å². The second-order valence-corrected chi connectivity index (χ2v) is 8.77. The topological polar surface area (TPSA) is 89.5 Å². The molecule has 1 aromatic rings. The summed E-state index contributed by atoms with van der Waals surface area (Å²) < 4.78 is 27.6.